The molecular weight excluding hydrogens is 306 g/mol. The molecule has 1 aliphatic rings. The Morgan fingerprint density at radius 2 is 2.21 bits per heavy atom. The number of hydrogen-bond donors (Lipinski definition) is 1. The number of nitrogens with zero attached hydrogens (tertiary/aromatic N) is 2. The molecule has 1 saturated carbocycles. The van der Waals surface area contributed by atoms with Crippen LogP contribution in [0, 0.1) is 6.92 Å². The van der Waals surface area contributed by atoms with Gasteiger partial charge in [-0.25, -0.2) is 0 Å². The van der Waals surface area contributed by atoms with Crippen molar-refractivity contribution in [2.24, 2.45) is 5.73 Å². The van der Waals surface area contributed by atoms with Crippen LogP contribution in [0.4, 0.5) is 0 Å². The van der Waals surface area contributed by atoms with E-state index in [4.69, 9.17) is 10.3 Å². The molecule has 0 saturated heterocycles. The molecule has 4 nitrogen and oxygen atoms in total. The lowest BCUT2D eigenvalue weighted by atomic mass is 10.0. The first-order valence-corrected chi connectivity index (χ1v) is 7.30. The van der Waals surface area contributed by atoms with Crippen LogP contribution in [-0.4, -0.2) is 16.2 Å². The monoisotopic (exact) mass is 321 g/mol. The van der Waals surface area contributed by atoms with Crippen LogP contribution < -0.4 is 5.73 Å². The maximum Gasteiger partial charge on any atom is 0.231 e. The zero-order valence-electron chi connectivity index (χ0n) is 10.8. The summed E-state index contributed by atoms with van der Waals surface area (Å²) in [4.78, 5) is 4.52. The highest BCUT2D eigenvalue weighted by molar-refractivity contribution is 9.10. The third kappa shape index (κ3) is 2.44. The van der Waals surface area contributed by atoms with Crippen LogP contribution in [-0.2, 0) is 0 Å². The van der Waals surface area contributed by atoms with Crippen molar-refractivity contribution in [3.05, 3.63) is 34.1 Å². The molecular formula is C14H16BrN3O. The lowest BCUT2D eigenvalue weighted by Gasteiger charge is -2.08. The fourth-order valence-electron chi connectivity index (χ4n) is 2.59. The predicted molar refractivity (Wildman–Crippen MR) is 76.7 cm³/mol. The lowest BCUT2D eigenvalue weighted by molar-refractivity contribution is 0.345. The van der Waals surface area contributed by atoms with Gasteiger partial charge < -0.3 is 10.3 Å². The molecule has 0 spiro atoms. The molecule has 1 fully saturated rings. The Balaban J connectivity index is 1.92. The molecule has 1 aliphatic carbocycles. The molecule has 1 aromatic carbocycles. The van der Waals surface area contributed by atoms with E-state index in [-0.39, 0.29) is 12.0 Å². The fourth-order valence-corrected chi connectivity index (χ4v) is 3.26. The number of hydrogen-bond acceptors (Lipinski definition) is 4. The Kier molecular flexibility index (Phi) is 3.41. The summed E-state index contributed by atoms with van der Waals surface area (Å²) in [5, 5.41) is 4.08. The second-order valence-electron chi connectivity index (χ2n) is 5.14. The van der Waals surface area contributed by atoms with Gasteiger partial charge in [-0.05, 0) is 37.5 Å². The van der Waals surface area contributed by atoms with Crippen molar-refractivity contribution in [1.82, 2.24) is 10.1 Å². The average Bonchev–Trinajstić information content (AvgIpc) is 2.97. The molecule has 2 aromatic rings. The van der Waals surface area contributed by atoms with E-state index >= 15 is 0 Å². The minimum atomic E-state index is 0.148. The van der Waals surface area contributed by atoms with Crippen molar-refractivity contribution >= 4 is 15.9 Å². The van der Waals surface area contributed by atoms with E-state index in [1.54, 1.807) is 0 Å². The highest BCUT2D eigenvalue weighted by Crippen LogP contribution is 2.34. The van der Waals surface area contributed by atoms with Crippen molar-refractivity contribution in [2.45, 2.75) is 38.1 Å². The van der Waals surface area contributed by atoms with Gasteiger partial charge in [0, 0.05) is 16.1 Å². The Morgan fingerprint density at radius 3 is 2.89 bits per heavy atom. The summed E-state index contributed by atoms with van der Waals surface area (Å²) in [7, 11) is 0. The molecule has 1 heterocycles. The van der Waals surface area contributed by atoms with E-state index in [9.17, 15) is 0 Å². The SMILES string of the molecule is Cc1ccc(-c2noc(C3CCCC3N)n2)c(Br)c1. The van der Waals surface area contributed by atoms with Crippen molar-refractivity contribution in [3.63, 3.8) is 0 Å². The summed E-state index contributed by atoms with van der Waals surface area (Å²) in [6, 6.07) is 6.24. The number of rotatable bonds is 2. The van der Waals surface area contributed by atoms with Crippen LogP contribution in [0.3, 0.4) is 0 Å². The van der Waals surface area contributed by atoms with Gasteiger partial charge in [0.2, 0.25) is 11.7 Å². The highest BCUT2D eigenvalue weighted by atomic mass is 79.9. The second-order valence-corrected chi connectivity index (χ2v) is 6.00. The largest absolute Gasteiger partial charge is 0.339 e. The third-order valence-corrected chi connectivity index (χ3v) is 4.35. The van der Waals surface area contributed by atoms with Gasteiger partial charge in [-0.1, -0.05) is 33.6 Å². The molecule has 2 atom stereocenters. The van der Waals surface area contributed by atoms with Crippen LogP contribution in [0.1, 0.15) is 36.6 Å². The summed E-state index contributed by atoms with van der Waals surface area (Å²) in [6.07, 6.45) is 3.21. The quantitative estimate of drug-likeness (QED) is 0.920. The van der Waals surface area contributed by atoms with Crippen LogP contribution in [0.2, 0.25) is 0 Å². The van der Waals surface area contributed by atoms with Gasteiger partial charge in [0.15, 0.2) is 0 Å². The zero-order chi connectivity index (χ0) is 13.4. The number of benzene rings is 1. The molecule has 0 radical (unpaired) electrons. The van der Waals surface area contributed by atoms with E-state index in [1.165, 1.54) is 5.56 Å². The molecule has 0 aliphatic heterocycles. The van der Waals surface area contributed by atoms with Gasteiger partial charge in [0.05, 0.1) is 5.92 Å². The van der Waals surface area contributed by atoms with Crippen molar-refractivity contribution in [2.75, 3.05) is 0 Å². The maximum atomic E-state index is 6.07. The summed E-state index contributed by atoms with van der Waals surface area (Å²) in [6.45, 7) is 2.05. The second kappa shape index (κ2) is 5.06. The summed E-state index contributed by atoms with van der Waals surface area (Å²) in [5.41, 5.74) is 8.21. The Bertz CT molecular complexity index is 596. The molecule has 1 aromatic heterocycles. The fraction of sp³-hybridized carbons (Fsp3) is 0.429. The van der Waals surface area contributed by atoms with Crippen LogP contribution in [0.25, 0.3) is 11.4 Å². The molecule has 100 valence electrons. The number of nitrogens with two attached hydrogens (primary N) is 1. The molecule has 5 heteroatoms. The first-order chi connectivity index (χ1) is 9.15. The van der Waals surface area contributed by atoms with E-state index in [2.05, 4.69) is 26.1 Å². The molecule has 0 amide bonds. The average molecular weight is 322 g/mol. The number of aromatic nitrogens is 2. The minimum Gasteiger partial charge on any atom is -0.339 e. The molecule has 2 N–H and O–H groups in total. The Labute approximate surface area is 120 Å². The van der Waals surface area contributed by atoms with Gasteiger partial charge in [0.1, 0.15) is 0 Å². The van der Waals surface area contributed by atoms with E-state index < -0.39 is 0 Å². The number of halogens is 1. The lowest BCUT2D eigenvalue weighted by Crippen LogP contribution is -2.22. The summed E-state index contributed by atoms with van der Waals surface area (Å²) in [5.74, 6) is 1.51. The Hall–Kier alpha value is -1.20. The van der Waals surface area contributed by atoms with Gasteiger partial charge in [-0.3, -0.25) is 0 Å². The first-order valence-electron chi connectivity index (χ1n) is 6.51. The normalized spacial score (nSPS) is 22.9. The van der Waals surface area contributed by atoms with Gasteiger partial charge in [-0.15, -0.1) is 0 Å². The zero-order valence-corrected chi connectivity index (χ0v) is 12.4. The molecule has 3 rings (SSSR count). The summed E-state index contributed by atoms with van der Waals surface area (Å²) >= 11 is 3.54. The predicted octanol–water partition coefficient (Wildman–Crippen LogP) is 3.40. The molecule has 19 heavy (non-hydrogen) atoms. The van der Waals surface area contributed by atoms with Gasteiger partial charge >= 0.3 is 0 Å². The van der Waals surface area contributed by atoms with E-state index in [0.29, 0.717) is 11.7 Å². The Morgan fingerprint density at radius 1 is 1.37 bits per heavy atom. The van der Waals surface area contributed by atoms with E-state index in [0.717, 1.165) is 29.3 Å². The van der Waals surface area contributed by atoms with Gasteiger partial charge in [-0.2, -0.15) is 4.98 Å². The van der Waals surface area contributed by atoms with E-state index in [1.807, 2.05) is 25.1 Å². The molecule has 2 unspecified atom stereocenters. The first kappa shape index (κ1) is 12.8. The number of aryl methyl sites for hydroxylation is 1. The highest BCUT2D eigenvalue weighted by Gasteiger charge is 2.30. The van der Waals surface area contributed by atoms with Crippen molar-refractivity contribution in [1.29, 1.82) is 0 Å². The summed E-state index contributed by atoms with van der Waals surface area (Å²) < 4.78 is 6.38. The van der Waals surface area contributed by atoms with Crippen molar-refractivity contribution in [3.8, 4) is 11.4 Å². The van der Waals surface area contributed by atoms with Gasteiger partial charge in [0.25, 0.3) is 0 Å². The van der Waals surface area contributed by atoms with Crippen molar-refractivity contribution < 1.29 is 4.52 Å². The van der Waals surface area contributed by atoms with Crippen LogP contribution in [0.15, 0.2) is 27.2 Å². The smallest absolute Gasteiger partial charge is 0.231 e. The molecule has 0 bridgehead atoms. The minimum absolute atomic E-state index is 0.148. The van der Waals surface area contributed by atoms with Crippen LogP contribution >= 0.6 is 15.9 Å². The maximum absolute atomic E-state index is 6.07. The topological polar surface area (TPSA) is 64.9 Å². The standard InChI is InChI=1S/C14H16BrN3O/c1-8-5-6-9(11(15)7-8)13-17-14(19-18-13)10-3-2-4-12(10)16/h5-7,10,12H,2-4,16H2,1H3. The van der Waals surface area contributed by atoms with Crippen LogP contribution in [0.5, 0.6) is 0 Å². The third-order valence-electron chi connectivity index (χ3n) is 3.69.